The van der Waals surface area contributed by atoms with Gasteiger partial charge in [0.2, 0.25) is 11.8 Å². The lowest BCUT2D eigenvalue weighted by molar-refractivity contribution is -0.144. The van der Waals surface area contributed by atoms with E-state index in [1.54, 1.807) is 19.1 Å². The Morgan fingerprint density at radius 1 is 1.35 bits per heavy atom. The monoisotopic (exact) mass is 275 g/mol. The third kappa shape index (κ3) is 2.09. The quantitative estimate of drug-likeness (QED) is 0.845. The minimum atomic E-state index is -1.26. The molecule has 0 saturated carbocycles. The number of benzene rings is 1. The van der Waals surface area contributed by atoms with Crippen molar-refractivity contribution in [3.05, 3.63) is 35.4 Å². The number of carbonyl (C=O) groups excluding carboxylic acids is 2. The van der Waals surface area contributed by atoms with E-state index < -0.39 is 17.3 Å². The molecule has 1 unspecified atom stereocenters. The number of aryl methyl sites for hydroxylation is 1. The zero-order valence-corrected chi connectivity index (χ0v) is 11.5. The third-order valence-electron chi connectivity index (χ3n) is 3.84. The van der Waals surface area contributed by atoms with Crippen molar-refractivity contribution < 1.29 is 19.5 Å². The van der Waals surface area contributed by atoms with Crippen LogP contribution in [0.4, 0.5) is 0 Å². The number of amides is 2. The van der Waals surface area contributed by atoms with Gasteiger partial charge in [-0.05, 0) is 25.0 Å². The fraction of sp³-hybridized carbons (Fsp3) is 0.400. The fourth-order valence-electron chi connectivity index (χ4n) is 2.93. The molecule has 5 heteroatoms. The molecule has 20 heavy (non-hydrogen) atoms. The number of hydrogen-bond donors (Lipinski definition) is 1. The molecule has 0 bridgehead atoms. The molecule has 1 fully saturated rings. The largest absolute Gasteiger partial charge is 0.481 e. The summed E-state index contributed by atoms with van der Waals surface area (Å²) in [5.41, 5.74) is 0.203. The Hall–Kier alpha value is -2.17. The number of likely N-dealkylation sites (N-methyl/N-ethyl adjacent to an activating group) is 1. The number of likely N-dealkylation sites (tertiary alicyclic amines) is 1. The first-order chi connectivity index (χ1) is 9.42. The van der Waals surface area contributed by atoms with Crippen molar-refractivity contribution in [1.29, 1.82) is 0 Å². The summed E-state index contributed by atoms with van der Waals surface area (Å²) in [6, 6.07) is 7.15. The van der Waals surface area contributed by atoms with Gasteiger partial charge in [0.05, 0.1) is 11.8 Å². The second-order valence-corrected chi connectivity index (χ2v) is 5.09. The standard InChI is InChI=1S/C15H17NO4/c1-3-16-12(17)8-15(14(16)20,9-13(18)19)11-7-5-4-6-10(11)2/h4-7H,3,8-9H2,1-2H3,(H,18,19). The highest BCUT2D eigenvalue weighted by molar-refractivity contribution is 6.10. The average molecular weight is 275 g/mol. The van der Waals surface area contributed by atoms with Crippen LogP contribution in [0, 0.1) is 6.92 Å². The minimum absolute atomic E-state index is 0.0726. The first-order valence-electron chi connectivity index (χ1n) is 6.55. The van der Waals surface area contributed by atoms with Crippen molar-refractivity contribution in [1.82, 2.24) is 4.90 Å². The van der Waals surface area contributed by atoms with E-state index in [0.717, 1.165) is 10.5 Å². The van der Waals surface area contributed by atoms with Gasteiger partial charge in [-0.3, -0.25) is 19.3 Å². The number of carbonyl (C=O) groups is 3. The van der Waals surface area contributed by atoms with Crippen LogP contribution in [-0.4, -0.2) is 34.3 Å². The van der Waals surface area contributed by atoms with E-state index in [0.29, 0.717) is 5.56 Å². The summed E-state index contributed by atoms with van der Waals surface area (Å²) >= 11 is 0. The summed E-state index contributed by atoms with van der Waals surface area (Å²) in [6.45, 7) is 3.81. The number of carboxylic acids is 1. The molecule has 0 spiro atoms. The van der Waals surface area contributed by atoms with E-state index in [1.165, 1.54) is 0 Å². The van der Waals surface area contributed by atoms with Crippen LogP contribution < -0.4 is 0 Å². The summed E-state index contributed by atoms with van der Waals surface area (Å²) in [5, 5.41) is 9.17. The summed E-state index contributed by atoms with van der Waals surface area (Å²) in [5.74, 6) is -1.78. The van der Waals surface area contributed by atoms with E-state index in [1.807, 2.05) is 19.1 Å². The van der Waals surface area contributed by atoms with Crippen molar-refractivity contribution in [3.8, 4) is 0 Å². The second kappa shape index (κ2) is 5.07. The molecule has 1 aliphatic rings. The summed E-state index contributed by atoms with van der Waals surface area (Å²) in [6.07, 6.45) is -0.435. The lowest BCUT2D eigenvalue weighted by Gasteiger charge is -2.27. The van der Waals surface area contributed by atoms with Gasteiger partial charge in [-0.2, -0.15) is 0 Å². The van der Waals surface area contributed by atoms with E-state index >= 15 is 0 Å². The van der Waals surface area contributed by atoms with Crippen LogP contribution in [0.2, 0.25) is 0 Å². The molecule has 1 N–H and O–H groups in total. The Labute approximate surface area is 117 Å². The highest BCUT2D eigenvalue weighted by atomic mass is 16.4. The second-order valence-electron chi connectivity index (χ2n) is 5.09. The van der Waals surface area contributed by atoms with Gasteiger partial charge in [0.25, 0.3) is 0 Å². The lowest BCUT2D eigenvalue weighted by Crippen LogP contribution is -2.40. The van der Waals surface area contributed by atoms with E-state index in [9.17, 15) is 19.5 Å². The summed E-state index contributed by atoms with van der Waals surface area (Å²) in [4.78, 5) is 37.0. The molecule has 0 radical (unpaired) electrons. The van der Waals surface area contributed by atoms with Crippen molar-refractivity contribution in [2.75, 3.05) is 6.54 Å². The van der Waals surface area contributed by atoms with Crippen LogP contribution >= 0.6 is 0 Å². The van der Waals surface area contributed by atoms with Crippen molar-refractivity contribution in [2.45, 2.75) is 32.1 Å². The van der Waals surface area contributed by atoms with Gasteiger partial charge in [-0.1, -0.05) is 24.3 Å². The molecule has 1 heterocycles. The molecule has 1 aliphatic heterocycles. The summed E-state index contributed by atoms with van der Waals surface area (Å²) in [7, 11) is 0. The maximum Gasteiger partial charge on any atom is 0.304 e. The molecule has 5 nitrogen and oxygen atoms in total. The molecular formula is C15H17NO4. The first-order valence-corrected chi connectivity index (χ1v) is 6.55. The number of imide groups is 1. The number of aliphatic carboxylic acids is 1. The van der Waals surface area contributed by atoms with Crippen LogP contribution in [-0.2, 0) is 19.8 Å². The summed E-state index contributed by atoms with van der Waals surface area (Å²) < 4.78 is 0. The molecule has 106 valence electrons. The predicted octanol–water partition coefficient (Wildman–Crippen LogP) is 1.49. The van der Waals surface area contributed by atoms with Gasteiger partial charge in [-0.15, -0.1) is 0 Å². The first kappa shape index (κ1) is 14.2. The zero-order chi connectivity index (χ0) is 14.9. The van der Waals surface area contributed by atoms with Gasteiger partial charge in [-0.25, -0.2) is 0 Å². The molecule has 0 aliphatic carbocycles. The predicted molar refractivity (Wildman–Crippen MR) is 72.1 cm³/mol. The third-order valence-corrected chi connectivity index (χ3v) is 3.84. The van der Waals surface area contributed by atoms with E-state index in [-0.39, 0.29) is 25.3 Å². The number of carboxylic acid groups (broad SMARTS) is 1. The molecule has 1 saturated heterocycles. The maximum absolute atomic E-state index is 12.6. The fourth-order valence-corrected chi connectivity index (χ4v) is 2.93. The molecular weight excluding hydrogens is 258 g/mol. The molecule has 0 aromatic heterocycles. The molecule has 2 amide bonds. The highest BCUT2D eigenvalue weighted by Gasteiger charge is 2.53. The van der Waals surface area contributed by atoms with Crippen LogP contribution in [0.15, 0.2) is 24.3 Å². The average Bonchev–Trinajstić information content (AvgIpc) is 2.61. The molecule has 1 aromatic rings. The Morgan fingerprint density at radius 3 is 2.50 bits per heavy atom. The van der Waals surface area contributed by atoms with Gasteiger partial charge in [0.1, 0.15) is 0 Å². The van der Waals surface area contributed by atoms with Crippen LogP contribution in [0.25, 0.3) is 0 Å². The van der Waals surface area contributed by atoms with Crippen molar-refractivity contribution in [3.63, 3.8) is 0 Å². The van der Waals surface area contributed by atoms with Crippen LogP contribution in [0.1, 0.15) is 30.9 Å². The normalized spacial score (nSPS) is 22.4. The molecule has 1 aromatic carbocycles. The SMILES string of the molecule is CCN1C(=O)CC(CC(=O)O)(c2ccccc2C)C1=O. The van der Waals surface area contributed by atoms with Crippen molar-refractivity contribution in [2.24, 2.45) is 0 Å². The van der Waals surface area contributed by atoms with Gasteiger partial charge >= 0.3 is 5.97 Å². The highest BCUT2D eigenvalue weighted by Crippen LogP contribution is 2.41. The van der Waals surface area contributed by atoms with E-state index in [4.69, 9.17) is 0 Å². The van der Waals surface area contributed by atoms with Crippen molar-refractivity contribution >= 4 is 17.8 Å². The molecule has 1 atom stereocenters. The Morgan fingerprint density at radius 2 is 2.00 bits per heavy atom. The zero-order valence-electron chi connectivity index (χ0n) is 11.5. The van der Waals surface area contributed by atoms with Crippen LogP contribution in [0.3, 0.4) is 0 Å². The Kier molecular flexibility index (Phi) is 3.61. The Balaban J connectivity index is 2.59. The number of nitrogens with zero attached hydrogens (tertiary/aromatic N) is 1. The topological polar surface area (TPSA) is 74.7 Å². The molecule has 2 rings (SSSR count). The maximum atomic E-state index is 12.6. The van der Waals surface area contributed by atoms with Gasteiger partial charge in [0.15, 0.2) is 0 Å². The van der Waals surface area contributed by atoms with Crippen LogP contribution in [0.5, 0.6) is 0 Å². The van der Waals surface area contributed by atoms with Gasteiger partial charge in [0, 0.05) is 13.0 Å². The lowest BCUT2D eigenvalue weighted by atomic mass is 9.74. The number of rotatable bonds is 4. The minimum Gasteiger partial charge on any atom is -0.481 e. The smallest absolute Gasteiger partial charge is 0.304 e. The van der Waals surface area contributed by atoms with Gasteiger partial charge < -0.3 is 5.11 Å². The Bertz CT molecular complexity index is 581. The number of hydrogen-bond acceptors (Lipinski definition) is 3. The van der Waals surface area contributed by atoms with E-state index in [2.05, 4.69) is 0 Å².